The van der Waals surface area contributed by atoms with Crippen molar-refractivity contribution in [2.75, 3.05) is 0 Å². The number of rotatable bonds is 5. The second kappa shape index (κ2) is 5.39. The van der Waals surface area contributed by atoms with Crippen LogP contribution in [0.4, 0.5) is 5.69 Å². The van der Waals surface area contributed by atoms with Gasteiger partial charge in [0, 0.05) is 13.5 Å². The van der Waals surface area contributed by atoms with Crippen LogP contribution in [0.25, 0.3) is 0 Å². The van der Waals surface area contributed by atoms with E-state index in [2.05, 4.69) is 20.3 Å². The molecule has 102 valence electrons. The molecule has 2 aromatic rings. The van der Waals surface area contributed by atoms with Gasteiger partial charge >= 0.3 is 5.69 Å². The molecule has 0 fully saturated rings. The van der Waals surface area contributed by atoms with Crippen molar-refractivity contribution < 1.29 is 4.92 Å². The van der Waals surface area contributed by atoms with Gasteiger partial charge in [0.25, 0.3) is 0 Å². The highest BCUT2D eigenvalue weighted by molar-refractivity contribution is 7.99. The van der Waals surface area contributed by atoms with Crippen LogP contribution in [-0.4, -0.2) is 29.9 Å². The maximum absolute atomic E-state index is 11.0. The summed E-state index contributed by atoms with van der Waals surface area (Å²) in [6, 6.07) is 0. The highest BCUT2D eigenvalue weighted by Gasteiger charge is 2.25. The highest BCUT2D eigenvalue weighted by atomic mass is 32.2. The molecule has 2 rings (SSSR count). The summed E-state index contributed by atoms with van der Waals surface area (Å²) in [6.45, 7) is 3.66. The van der Waals surface area contributed by atoms with E-state index < -0.39 is 4.92 Å². The largest absolute Gasteiger partial charge is 0.324 e. The summed E-state index contributed by atoms with van der Waals surface area (Å²) < 4.78 is 1.48. The van der Waals surface area contributed by atoms with Crippen LogP contribution in [-0.2, 0) is 13.5 Å². The number of aromatic amines is 1. The van der Waals surface area contributed by atoms with Gasteiger partial charge in [-0.1, -0.05) is 6.92 Å². The maximum atomic E-state index is 11.0. The van der Waals surface area contributed by atoms with Gasteiger partial charge in [0.1, 0.15) is 11.5 Å². The van der Waals surface area contributed by atoms with Crippen molar-refractivity contribution in [3.8, 4) is 0 Å². The fourth-order valence-electron chi connectivity index (χ4n) is 1.71. The minimum absolute atomic E-state index is 0.00865. The van der Waals surface area contributed by atoms with E-state index in [0.717, 1.165) is 30.4 Å². The van der Waals surface area contributed by atoms with Crippen LogP contribution < -0.4 is 0 Å². The molecule has 1 N–H and O–H groups in total. The van der Waals surface area contributed by atoms with E-state index in [9.17, 15) is 10.1 Å². The molecule has 2 aromatic heterocycles. The molecule has 0 aromatic carbocycles. The Bertz CT molecular complexity index is 605. The molecular formula is C10H14N6O2S. The van der Waals surface area contributed by atoms with E-state index in [1.54, 1.807) is 14.0 Å². The lowest BCUT2D eigenvalue weighted by Gasteiger charge is -1.96. The van der Waals surface area contributed by atoms with Gasteiger partial charge in [0.15, 0.2) is 5.03 Å². The summed E-state index contributed by atoms with van der Waals surface area (Å²) in [5.41, 5.74) is 0.397. The quantitative estimate of drug-likeness (QED) is 0.663. The number of aromatic nitrogens is 5. The van der Waals surface area contributed by atoms with Crippen molar-refractivity contribution in [3.05, 3.63) is 21.6 Å². The van der Waals surface area contributed by atoms with E-state index in [4.69, 9.17) is 0 Å². The van der Waals surface area contributed by atoms with Crippen molar-refractivity contribution in [3.63, 3.8) is 0 Å². The zero-order chi connectivity index (χ0) is 14.0. The Balaban J connectivity index is 2.29. The number of nitro groups is 1. The van der Waals surface area contributed by atoms with Crippen molar-refractivity contribution >= 4 is 17.4 Å². The van der Waals surface area contributed by atoms with E-state index in [0.29, 0.717) is 15.9 Å². The number of H-pyrrole nitrogens is 1. The van der Waals surface area contributed by atoms with Crippen LogP contribution in [0.1, 0.15) is 24.9 Å². The number of hydrogen-bond acceptors (Lipinski definition) is 6. The Hall–Kier alpha value is -1.90. The molecule has 19 heavy (non-hydrogen) atoms. The van der Waals surface area contributed by atoms with Gasteiger partial charge in [-0.3, -0.25) is 19.9 Å². The smallest absolute Gasteiger partial charge is 0.262 e. The van der Waals surface area contributed by atoms with Crippen molar-refractivity contribution in [2.45, 2.75) is 36.9 Å². The first-order chi connectivity index (χ1) is 9.02. The second-order valence-corrected chi connectivity index (χ2v) is 4.99. The zero-order valence-electron chi connectivity index (χ0n) is 10.9. The molecule has 9 heteroatoms. The topological polar surface area (TPSA) is 103 Å². The molecule has 0 aliphatic carbocycles. The Morgan fingerprint density at radius 3 is 2.89 bits per heavy atom. The zero-order valence-corrected chi connectivity index (χ0v) is 11.7. The van der Waals surface area contributed by atoms with Gasteiger partial charge in [-0.15, -0.1) is 5.10 Å². The molecule has 0 radical (unpaired) electrons. The Kier molecular flexibility index (Phi) is 3.84. The predicted molar refractivity (Wildman–Crippen MR) is 69.1 cm³/mol. The average Bonchev–Trinajstić information content (AvgIpc) is 2.86. The molecule has 0 atom stereocenters. The van der Waals surface area contributed by atoms with E-state index in [1.165, 1.54) is 4.68 Å². The van der Waals surface area contributed by atoms with Crippen LogP contribution >= 0.6 is 11.8 Å². The van der Waals surface area contributed by atoms with Gasteiger partial charge < -0.3 is 0 Å². The SMILES string of the molecule is CCCc1nc(Sc2c([N+](=O)[O-])c(C)nn2C)n[nH]1. The lowest BCUT2D eigenvalue weighted by atomic mass is 10.3. The summed E-state index contributed by atoms with van der Waals surface area (Å²) >= 11 is 1.14. The standard InChI is InChI=1S/C10H14N6O2S/c1-4-5-7-11-10(13-12-7)19-9-8(16(17)18)6(2)14-15(9)3/h4-5H2,1-3H3,(H,11,12,13). The molecule has 0 bridgehead atoms. The molecule has 0 unspecified atom stereocenters. The van der Waals surface area contributed by atoms with Crippen molar-refractivity contribution in [2.24, 2.45) is 7.05 Å². The fourth-order valence-corrected chi connectivity index (χ4v) is 2.62. The second-order valence-electron chi connectivity index (χ2n) is 4.04. The van der Waals surface area contributed by atoms with E-state index in [-0.39, 0.29) is 5.69 Å². The van der Waals surface area contributed by atoms with Crippen LogP contribution in [0.5, 0.6) is 0 Å². The van der Waals surface area contributed by atoms with Gasteiger partial charge in [-0.2, -0.15) is 5.10 Å². The minimum Gasteiger partial charge on any atom is -0.262 e. The molecule has 2 heterocycles. The Morgan fingerprint density at radius 2 is 2.26 bits per heavy atom. The Morgan fingerprint density at radius 1 is 1.53 bits per heavy atom. The van der Waals surface area contributed by atoms with Gasteiger partial charge in [0.05, 0.1) is 4.92 Å². The molecule has 8 nitrogen and oxygen atoms in total. The molecule has 0 saturated carbocycles. The molecule has 0 spiro atoms. The van der Waals surface area contributed by atoms with Gasteiger partial charge in [-0.25, -0.2) is 4.98 Å². The third-order valence-electron chi connectivity index (χ3n) is 2.51. The van der Waals surface area contributed by atoms with E-state index >= 15 is 0 Å². The lowest BCUT2D eigenvalue weighted by molar-refractivity contribution is -0.388. The van der Waals surface area contributed by atoms with Crippen LogP contribution in [0.15, 0.2) is 10.2 Å². The summed E-state index contributed by atoms with van der Waals surface area (Å²) in [5.74, 6) is 0.784. The lowest BCUT2D eigenvalue weighted by Crippen LogP contribution is -1.95. The number of nitrogens with zero attached hydrogens (tertiary/aromatic N) is 5. The predicted octanol–water partition coefficient (Wildman–Crippen LogP) is 1.86. The Labute approximate surface area is 113 Å². The van der Waals surface area contributed by atoms with Gasteiger partial charge in [0.2, 0.25) is 5.16 Å². The summed E-state index contributed by atoms with van der Waals surface area (Å²) in [5, 5.41) is 22.9. The third-order valence-corrected chi connectivity index (χ3v) is 3.52. The number of nitrogens with one attached hydrogen (secondary N) is 1. The van der Waals surface area contributed by atoms with Crippen molar-refractivity contribution in [1.29, 1.82) is 0 Å². The highest BCUT2D eigenvalue weighted by Crippen LogP contribution is 2.34. The summed E-state index contributed by atoms with van der Waals surface area (Å²) in [6.07, 6.45) is 1.77. The average molecular weight is 282 g/mol. The third kappa shape index (κ3) is 2.75. The normalized spacial score (nSPS) is 10.9. The van der Waals surface area contributed by atoms with Crippen molar-refractivity contribution in [1.82, 2.24) is 25.0 Å². The summed E-state index contributed by atoms with van der Waals surface area (Å²) in [4.78, 5) is 14.9. The molecule has 0 saturated heterocycles. The molecular weight excluding hydrogens is 268 g/mol. The first-order valence-electron chi connectivity index (χ1n) is 5.80. The first-order valence-corrected chi connectivity index (χ1v) is 6.61. The minimum atomic E-state index is -0.426. The van der Waals surface area contributed by atoms with Crippen LogP contribution in [0, 0.1) is 17.0 Å². The first kappa shape index (κ1) is 13.5. The number of hydrogen-bond donors (Lipinski definition) is 1. The molecule has 0 aliphatic rings. The molecule has 0 aliphatic heterocycles. The van der Waals surface area contributed by atoms with E-state index in [1.807, 2.05) is 6.92 Å². The molecule has 0 amide bonds. The van der Waals surface area contributed by atoms with Gasteiger partial charge in [-0.05, 0) is 25.1 Å². The fraction of sp³-hybridized carbons (Fsp3) is 0.500. The summed E-state index contributed by atoms with van der Waals surface area (Å²) in [7, 11) is 1.67. The van der Waals surface area contributed by atoms with Crippen LogP contribution in [0.3, 0.4) is 0 Å². The number of aryl methyl sites for hydroxylation is 3. The van der Waals surface area contributed by atoms with Crippen LogP contribution in [0.2, 0.25) is 0 Å². The monoisotopic (exact) mass is 282 g/mol. The maximum Gasteiger partial charge on any atom is 0.324 e.